The first-order valence-corrected chi connectivity index (χ1v) is 6.52. The van der Waals surface area contributed by atoms with E-state index in [1.54, 1.807) is 20.8 Å². The van der Waals surface area contributed by atoms with Gasteiger partial charge in [-0.1, -0.05) is 0 Å². The van der Waals surface area contributed by atoms with Crippen LogP contribution in [0.1, 0.15) is 46.5 Å². The molecule has 0 aliphatic heterocycles. The number of rotatable bonds is 3. The van der Waals surface area contributed by atoms with E-state index in [-0.39, 0.29) is 11.9 Å². The number of carbonyl (C=O) groups is 2. The summed E-state index contributed by atoms with van der Waals surface area (Å²) in [4.78, 5) is 25.2. The van der Waals surface area contributed by atoms with Crippen molar-refractivity contribution >= 4 is 12.0 Å². The molecule has 0 aromatic rings. The van der Waals surface area contributed by atoms with Gasteiger partial charge in [0.1, 0.15) is 11.1 Å². The van der Waals surface area contributed by atoms with Crippen LogP contribution in [0, 0.1) is 11.5 Å². The second-order valence-electron chi connectivity index (χ2n) is 6.22. The molecule has 1 N–H and O–H groups in total. The van der Waals surface area contributed by atoms with Crippen molar-refractivity contribution in [1.82, 2.24) is 10.2 Å². The third-order valence-electron chi connectivity index (χ3n) is 3.14. The maximum absolute atomic E-state index is 12.3. The summed E-state index contributed by atoms with van der Waals surface area (Å²) in [6, 6.07) is 0.0235. The van der Waals surface area contributed by atoms with E-state index in [9.17, 15) is 9.59 Å². The molecule has 2 saturated carbocycles. The van der Waals surface area contributed by atoms with Gasteiger partial charge in [0.25, 0.3) is 5.91 Å². The van der Waals surface area contributed by atoms with Crippen LogP contribution in [0.4, 0.5) is 4.79 Å². The van der Waals surface area contributed by atoms with Crippen LogP contribution in [0.15, 0.2) is 0 Å². The lowest BCUT2D eigenvalue weighted by molar-refractivity contribution is -0.131. The fraction of sp³-hybridized carbons (Fsp3) is 0.769. The lowest BCUT2D eigenvalue weighted by Gasteiger charge is -2.24. The molecular formula is C13H19N3O3. The molecular weight excluding hydrogens is 246 g/mol. The monoisotopic (exact) mass is 265 g/mol. The number of nitriles is 1. The highest BCUT2D eigenvalue weighted by molar-refractivity contribution is 5.94. The van der Waals surface area contributed by atoms with Gasteiger partial charge in [-0.15, -0.1) is 0 Å². The third kappa shape index (κ3) is 3.16. The molecule has 2 fully saturated rings. The second kappa shape index (κ2) is 4.41. The molecule has 6 heteroatoms. The lowest BCUT2D eigenvalue weighted by atomic mass is 10.2. The molecule has 19 heavy (non-hydrogen) atoms. The minimum Gasteiger partial charge on any atom is -0.444 e. The Hall–Kier alpha value is -1.77. The Morgan fingerprint density at radius 2 is 1.95 bits per heavy atom. The lowest BCUT2D eigenvalue weighted by Crippen LogP contribution is -2.51. The van der Waals surface area contributed by atoms with Crippen molar-refractivity contribution in [3.8, 4) is 6.19 Å². The predicted molar refractivity (Wildman–Crippen MR) is 66.8 cm³/mol. The largest absolute Gasteiger partial charge is 0.444 e. The van der Waals surface area contributed by atoms with Gasteiger partial charge in [-0.2, -0.15) is 5.26 Å². The molecule has 0 aromatic heterocycles. The molecule has 0 unspecified atom stereocenters. The summed E-state index contributed by atoms with van der Waals surface area (Å²) in [5.74, 6) is -0.302. The Morgan fingerprint density at radius 1 is 1.37 bits per heavy atom. The summed E-state index contributed by atoms with van der Waals surface area (Å²) in [6.07, 6.45) is 4.18. The number of nitrogens with zero attached hydrogens (tertiary/aromatic N) is 2. The highest BCUT2D eigenvalue weighted by Gasteiger charge is 2.55. The van der Waals surface area contributed by atoms with Gasteiger partial charge in [-0.25, -0.2) is 9.69 Å². The van der Waals surface area contributed by atoms with Gasteiger partial charge in [0, 0.05) is 6.04 Å². The van der Waals surface area contributed by atoms with Crippen LogP contribution in [-0.4, -0.2) is 34.1 Å². The van der Waals surface area contributed by atoms with E-state index in [4.69, 9.17) is 10.00 Å². The molecule has 0 radical (unpaired) electrons. The van der Waals surface area contributed by atoms with Crippen LogP contribution in [0.3, 0.4) is 0 Å². The van der Waals surface area contributed by atoms with Gasteiger partial charge >= 0.3 is 6.09 Å². The fourth-order valence-corrected chi connectivity index (χ4v) is 1.87. The molecule has 2 amide bonds. The maximum atomic E-state index is 12.3. The molecule has 0 heterocycles. The Labute approximate surface area is 112 Å². The van der Waals surface area contributed by atoms with E-state index >= 15 is 0 Å². The Bertz CT molecular complexity index is 439. The number of alkyl carbamates (subject to hydrolysis) is 1. The Balaban J connectivity index is 1.97. The van der Waals surface area contributed by atoms with E-state index < -0.39 is 17.2 Å². The highest BCUT2D eigenvalue weighted by Crippen LogP contribution is 2.40. The van der Waals surface area contributed by atoms with Crippen LogP contribution >= 0.6 is 0 Å². The van der Waals surface area contributed by atoms with Crippen LogP contribution < -0.4 is 5.32 Å². The summed E-state index contributed by atoms with van der Waals surface area (Å²) in [6.45, 7) is 5.29. The average Bonchev–Trinajstić information content (AvgIpc) is 3.09. The molecule has 2 aliphatic carbocycles. The molecule has 2 rings (SSSR count). The standard InChI is InChI=1S/C13H19N3O3/c1-12(2,3)19-11(18)15-13(6-7-13)10(17)16(8-14)9-4-5-9/h9H,4-7H2,1-3H3,(H,15,18). The van der Waals surface area contributed by atoms with Gasteiger partial charge in [0.15, 0.2) is 6.19 Å². The summed E-state index contributed by atoms with van der Waals surface area (Å²) in [5, 5.41) is 11.6. The quantitative estimate of drug-likeness (QED) is 0.619. The van der Waals surface area contributed by atoms with Crippen molar-refractivity contribution in [2.24, 2.45) is 0 Å². The van der Waals surface area contributed by atoms with Crippen LogP contribution in [0.5, 0.6) is 0 Å². The van der Waals surface area contributed by atoms with Crippen molar-refractivity contribution in [2.75, 3.05) is 0 Å². The number of ether oxygens (including phenoxy) is 1. The molecule has 6 nitrogen and oxygen atoms in total. The number of amides is 2. The summed E-state index contributed by atoms with van der Waals surface area (Å²) in [5.41, 5.74) is -1.52. The number of hydrogen-bond acceptors (Lipinski definition) is 4. The first-order chi connectivity index (χ1) is 8.77. The molecule has 0 atom stereocenters. The molecule has 104 valence electrons. The number of nitrogens with one attached hydrogen (secondary N) is 1. The Morgan fingerprint density at radius 3 is 2.32 bits per heavy atom. The van der Waals surface area contributed by atoms with Crippen molar-refractivity contribution < 1.29 is 14.3 Å². The van der Waals surface area contributed by atoms with Crippen LogP contribution in [0.2, 0.25) is 0 Å². The maximum Gasteiger partial charge on any atom is 0.408 e. The summed E-state index contributed by atoms with van der Waals surface area (Å²) < 4.78 is 5.15. The van der Waals surface area contributed by atoms with Crippen LogP contribution in [0.25, 0.3) is 0 Å². The average molecular weight is 265 g/mol. The van der Waals surface area contributed by atoms with Crippen molar-refractivity contribution in [2.45, 2.75) is 63.6 Å². The van der Waals surface area contributed by atoms with Crippen molar-refractivity contribution in [1.29, 1.82) is 5.26 Å². The molecule has 0 aromatic carbocycles. The normalized spacial score (nSPS) is 20.1. The topological polar surface area (TPSA) is 82.4 Å². The van der Waals surface area contributed by atoms with E-state index in [2.05, 4.69) is 5.32 Å². The van der Waals surface area contributed by atoms with E-state index in [1.807, 2.05) is 6.19 Å². The fourth-order valence-electron chi connectivity index (χ4n) is 1.87. The zero-order valence-electron chi connectivity index (χ0n) is 11.5. The van der Waals surface area contributed by atoms with Crippen molar-refractivity contribution in [3.63, 3.8) is 0 Å². The summed E-state index contributed by atoms with van der Waals surface area (Å²) in [7, 11) is 0. The minimum absolute atomic E-state index is 0.0235. The van der Waals surface area contributed by atoms with Gasteiger partial charge in [0.2, 0.25) is 0 Å². The van der Waals surface area contributed by atoms with Gasteiger partial charge in [-0.3, -0.25) is 4.79 Å². The minimum atomic E-state index is -0.916. The zero-order chi connectivity index (χ0) is 14.3. The third-order valence-corrected chi connectivity index (χ3v) is 3.14. The van der Waals surface area contributed by atoms with E-state index in [1.165, 1.54) is 4.90 Å². The first kappa shape index (κ1) is 13.7. The zero-order valence-corrected chi connectivity index (χ0v) is 11.5. The van der Waals surface area contributed by atoms with Crippen molar-refractivity contribution in [3.05, 3.63) is 0 Å². The second-order valence-corrected chi connectivity index (χ2v) is 6.22. The van der Waals surface area contributed by atoms with Gasteiger partial charge in [-0.05, 0) is 46.5 Å². The predicted octanol–water partition coefficient (Wildman–Crippen LogP) is 1.52. The molecule has 0 spiro atoms. The van der Waals surface area contributed by atoms with E-state index in [0.717, 1.165) is 12.8 Å². The van der Waals surface area contributed by atoms with E-state index in [0.29, 0.717) is 12.8 Å². The summed E-state index contributed by atoms with van der Waals surface area (Å²) >= 11 is 0. The highest BCUT2D eigenvalue weighted by atomic mass is 16.6. The van der Waals surface area contributed by atoms with Gasteiger partial charge in [0.05, 0.1) is 0 Å². The molecule has 0 saturated heterocycles. The molecule has 0 bridgehead atoms. The number of hydrogen-bond donors (Lipinski definition) is 1. The number of carbonyl (C=O) groups excluding carboxylic acids is 2. The SMILES string of the molecule is CC(C)(C)OC(=O)NC1(C(=O)N(C#N)C2CC2)CC1. The Kier molecular flexibility index (Phi) is 3.17. The van der Waals surface area contributed by atoms with Gasteiger partial charge < -0.3 is 10.1 Å². The first-order valence-electron chi connectivity index (χ1n) is 6.52. The molecule has 2 aliphatic rings. The smallest absolute Gasteiger partial charge is 0.408 e. The van der Waals surface area contributed by atoms with Crippen LogP contribution in [-0.2, 0) is 9.53 Å².